The minimum atomic E-state index is -0.810. The lowest BCUT2D eigenvalue weighted by Crippen LogP contribution is -2.54. The van der Waals surface area contributed by atoms with Crippen LogP contribution < -0.4 is 15.0 Å². The maximum atomic E-state index is 13.0. The van der Waals surface area contributed by atoms with Crippen LogP contribution in [0.2, 0.25) is 5.02 Å². The smallest absolute Gasteiger partial charge is 0.335 e. The van der Waals surface area contributed by atoms with Crippen LogP contribution in [0, 0.1) is 10.5 Å². The number of nitrogens with zero attached hydrogens (tertiary/aromatic N) is 1. The van der Waals surface area contributed by atoms with E-state index in [2.05, 4.69) is 27.9 Å². The highest BCUT2D eigenvalue weighted by molar-refractivity contribution is 14.1. The lowest BCUT2D eigenvalue weighted by atomic mass is 10.1. The molecule has 1 aliphatic rings. The lowest BCUT2D eigenvalue weighted by molar-refractivity contribution is -0.122. The summed E-state index contributed by atoms with van der Waals surface area (Å²) in [6.07, 6.45) is 1.45. The molecule has 0 atom stereocenters. The minimum Gasteiger partial charge on any atom is -0.494 e. The van der Waals surface area contributed by atoms with Crippen molar-refractivity contribution < 1.29 is 19.1 Å². The Bertz CT molecular complexity index is 1020. The molecule has 28 heavy (non-hydrogen) atoms. The number of benzene rings is 2. The largest absolute Gasteiger partial charge is 0.494 e. The van der Waals surface area contributed by atoms with Gasteiger partial charge in [-0.2, -0.15) is 0 Å². The molecule has 8 heteroatoms. The van der Waals surface area contributed by atoms with Gasteiger partial charge in [-0.3, -0.25) is 14.9 Å². The van der Waals surface area contributed by atoms with E-state index in [0.717, 1.165) is 8.47 Å². The second kappa shape index (κ2) is 8.32. The van der Waals surface area contributed by atoms with Gasteiger partial charge in [0.1, 0.15) is 11.3 Å². The van der Waals surface area contributed by atoms with Crippen molar-refractivity contribution in [2.75, 3.05) is 11.5 Å². The van der Waals surface area contributed by atoms with E-state index in [1.807, 2.05) is 19.1 Å². The van der Waals surface area contributed by atoms with E-state index in [-0.39, 0.29) is 5.57 Å². The third kappa shape index (κ3) is 4.05. The molecule has 1 aliphatic heterocycles. The number of carbonyl (C=O) groups excluding carboxylic acids is 3. The number of hydrogen-bond donors (Lipinski definition) is 1. The van der Waals surface area contributed by atoms with Crippen LogP contribution in [0.3, 0.4) is 0 Å². The third-order valence-electron chi connectivity index (χ3n) is 4.10. The predicted molar refractivity (Wildman–Crippen MR) is 116 cm³/mol. The SMILES string of the molecule is CCOc1cc(I)cc(/C=C2\C(=O)NC(=O)N(c3cccc(Cl)c3C)C2=O)c1. The molecule has 1 heterocycles. The van der Waals surface area contributed by atoms with Gasteiger partial charge in [-0.1, -0.05) is 17.7 Å². The summed E-state index contributed by atoms with van der Waals surface area (Å²) in [5, 5.41) is 2.63. The number of hydrogen-bond acceptors (Lipinski definition) is 4. The molecule has 4 amide bonds. The number of urea groups is 1. The fourth-order valence-electron chi connectivity index (χ4n) is 2.80. The van der Waals surface area contributed by atoms with Crippen molar-refractivity contribution in [3.05, 3.63) is 61.7 Å². The fourth-order valence-corrected chi connectivity index (χ4v) is 3.64. The number of barbiturate groups is 1. The van der Waals surface area contributed by atoms with Crippen LogP contribution in [0.4, 0.5) is 10.5 Å². The first-order valence-corrected chi connectivity index (χ1v) is 9.87. The van der Waals surface area contributed by atoms with Crippen LogP contribution in [-0.2, 0) is 9.59 Å². The van der Waals surface area contributed by atoms with Gasteiger partial charge in [-0.15, -0.1) is 0 Å². The quantitative estimate of drug-likeness (QED) is 0.378. The molecule has 0 aromatic heterocycles. The van der Waals surface area contributed by atoms with Crippen molar-refractivity contribution in [1.82, 2.24) is 5.32 Å². The topological polar surface area (TPSA) is 75.7 Å². The molecule has 3 rings (SSSR count). The van der Waals surface area contributed by atoms with Gasteiger partial charge in [0.25, 0.3) is 11.8 Å². The number of imide groups is 2. The second-order valence-corrected chi connectivity index (χ2v) is 7.65. The van der Waals surface area contributed by atoms with Gasteiger partial charge in [0.05, 0.1) is 12.3 Å². The van der Waals surface area contributed by atoms with Crippen LogP contribution in [-0.4, -0.2) is 24.5 Å². The van der Waals surface area contributed by atoms with Crippen molar-refractivity contribution in [3.63, 3.8) is 0 Å². The summed E-state index contributed by atoms with van der Waals surface area (Å²) in [5.41, 5.74) is 1.36. The van der Waals surface area contributed by atoms with Crippen LogP contribution in [0.25, 0.3) is 6.08 Å². The summed E-state index contributed by atoms with van der Waals surface area (Å²) in [7, 11) is 0. The fraction of sp³-hybridized carbons (Fsp3) is 0.150. The first-order chi connectivity index (χ1) is 13.3. The van der Waals surface area contributed by atoms with Crippen molar-refractivity contribution in [1.29, 1.82) is 0 Å². The molecular weight excluding hydrogens is 495 g/mol. The first kappa shape index (κ1) is 20.3. The maximum Gasteiger partial charge on any atom is 0.335 e. The molecule has 0 spiro atoms. The zero-order valence-electron chi connectivity index (χ0n) is 15.1. The van der Waals surface area contributed by atoms with Gasteiger partial charge >= 0.3 is 6.03 Å². The molecule has 0 saturated carbocycles. The Labute approximate surface area is 180 Å². The van der Waals surface area contributed by atoms with Crippen molar-refractivity contribution >= 4 is 63.8 Å². The number of amides is 4. The molecule has 1 fully saturated rings. The van der Waals surface area contributed by atoms with E-state index < -0.39 is 17.8 Å². The average Bonchev–Trinajstić information content (AvgIpc) is 2.62. The van der Waals surface area contributed by atoms with Gasteiger partial charge < -0.3 is 4.74 Å². The standard InChI is InChI=1S/C20H16ClIN2O4/c1-3-28-14-8-12(7-13(22)10-14)9-15-18(25)23-20(27)24(19(15)26)17-6-4-5-16(21)11(17)2/h4-10H,3H2,1-2H3,(H,23,25,27)/b15-9+. The molecular formula is C20H16ClIN2O4. The van der Waals surface area contributed by atoms with Crippen molar-refractivity contribution in [3.8, 4) is 5.75 Å². The van der Waals surface area contributed by atoms with Gasteiger partial charge in [0.2, 0.25) is 0 Å². The number of rotatable bonds is 4. The molecule has 0 unspecified atom stereocenters. The van der Waals surface area contributed by atoms with Gasteiger partial charge in [0.15, 0.2) is 0 Å². The molecule has 0 bridgehead atoms. The Morgan fingerprint density at radius 1 is 1.21 bits per heavy atom. The molecule has 1 saturated heterocycles. The van der Waals surface area contributed by atoms with Gasteiger partial charge in [0, 0.05) is 8.59 Å². The number of nitrogens with one attached hydrogen (secondary N) is 1. The van der Waals surface area contributed by atoms with Gasteiger partial charge in [-0.05, 0) is 84.0 Å². The molecule has 2 aromatic carbocycles. The zero-order valence-corrected chi connectivity index (χ0v) is 18.0. The van der Waals surface area contributed by atoms with Gasteiger partial charge in [-0.25, -0.2) is 9.69 Å². The molecule has 0 radical (unpaired) electrons. The lowest BCUT2D eigenvalue weighted by Gasteiger charge is -2.27. The van der Waals surface area contributed by atoms with E-state index in [9.17, 15) is 14.4 Å². The Morgan fingerprint density at radius 2 is 1.96 bits per heavy atom. The van der Waals surface area contributed by atoms with E-state index >= 15 is 0 Å². The molecule has 6 nitrogen and oxygen atoms in total. The molecule has 144 valence electrons. The summed E-state index contributed by atoms with van der Waals surface area (Å²) in [6, 6.07) is 9.47. The Kier molecular flexibility index (Phi) is 6.04. The zero-order chi connectivity index (χ0) is 20.4. The summed E-state index contributed by atoms with van der Waals surface area (Å²) in [6.45, 7) is 4.06. The van der Waals surface area contributed by atoms with E-state index in [4.69, 9.17) is 16.3 Å². The second-order valence-electron chi connectivity index (χ2n) is 6.00. The molecule has 2 aromatic rings. The first-order valence-electron chi connectivity index (χ1n) is 8.41. The van der Waals surface area contributed by atoms with E-state index in [0.29, 0.717) is 34.2 Å². The average molecular weight is 511 g/mol. The summed E-state index contributed by atoms with van der Waals surface area (Å²) < 4.78 is 6.39. The normalized spacial score (nSPS) is 15.8. The van der Waals surface area contributed by atoms with Crippen LogP contribution >= 0.6 is 34.2 Å². The van der Waals surface area contributed by atoms with Crippen LogP contribution in [0.5, 0.6) is 5.75 Å². The third-order valence-corrected chi connectivity index (χ3v) is 5.13. The van der Waals surface area contributed by atoms with Crippen LogP contribution in [0.1, 0.15) is 18.1 Å². The summed E-state index contributed by atoms with van der Waals surface area (Å²) >= 11 is 8.25. The maximum absolute atomic E-state index is 13.0. The summed E-state index contributed by atoms with van der Waals surface area (Å²) in [5.74, 6) is -0.831. The highest BCUT2D eigenvalue weighted by Gasteiger charge is 2.37. The molecule has 0 aliphatic carbocycles. The monoisotopic (exact) mass is 510 g/mol. The Morgan fingerprint density at radius 3 is 2.68 bits per heavy atom. The molecule has 1 N–H and O–H groups in total. The predicted octanol–water partition coefficient (Wildman–Crippen LogP) is 4.32. The highest BCUT2D eigenvalue weighted by Crippen LogP contribution is 2.30. The number of ether oxygens (including phenoxy) is 1. The number of halogens is 2. The number of anilines is 1. The Balaban J connectivity index is 2.05. The minimum absolute atomic E-state index is 0.150. The van der Waals surface area contributed by atoms with Crippen LogP contribution in [0.15, 0.2) is 42.0 Å². The Hall–Kier alpha value is -2.39. The summed E-state index contributed by atoms with van der Waals surface area (Å²) in [4.78, 5) is 38.6. The number of carbonyl (C=O) groups is 3. The van der Waals surface area contributed by atoms with Crippen molar-refractivity contribution in [2.45, 2.75) is 13.8 Å². The van der Waals surface area contributed by atoms with E-state index in [1.165, 1.54) is 6.08 Å². The highest BCUT2D eigenvalue weighted by atomic mass is 127. The van der Waals surface area contributed by atoms with E-state index in [1.54, 1.807) is 31.2 Å². The van der Waals surface area contributed by atoms with Crippen molar-refractivity contribution in [2.24, 2.45) is 0 Å².